The molecule has 0 aromatic heterocycles. The molecule has 452 valence electrons. The molecule has 6 nitrogen and oxygen atoms in total. The van der Waals surface area contributed by atoms with Crippen molar-refractivity contribution in [2.45, 2.75) is 386 Å². The van der Waals surface area contributed by atoms with Crippen molar-refractivity contribution in [2.75, 3.05) is 13.2 Å². The summed E-state index contributed by atoms with van der Waals surface area (Å²) in [6, 6.07) is 0. The second kappa shape index (κ2) is 66.1. The van der Waals surface area contributed by atoms with E-state index in [-0.39, 0.29) is 31.1 Å². The van der Waals surface area contributed by atoms with E-state index in [1.807, 2.05) is 0 Å². The molecule has 0 saturated heterocycles. The molecule has 0 N–H and O–H groups in total. The third-order valence-corrected chi connectivity index (χ3v) is 15.6. The van der Waals surface area contributed by atoms with Gasteiger partial charge in [0.25, 0.3) is 0 Å². The summed E-state index contributed by atoms with van der Waals surface area (Å²) in [5, 5.41) is 0. The predicted molar refractivity (Wildman–Crippen MR) is 335 cm³/mol. The highest BCUT2D eigenvalue weighted by molar-refractivity contribution is 5.71. The largest absolute Gasteiger partial charge is 0.462 e. The van der Waals surface area contributed by atoms with Crippen molar-refractivity contribution in [2.24, 2.45) is 0 Å². The summed E-state index contributed by atoms with van der Waals surface area (Å²) in [5.74, 6) is -0.860. The normalized spacial score (nSPS) is 12.2. The Morgan fingerprint density at radius 1 is 0.260 bits per heavy atom. The van der Waals surface area contributed by atoms with Crippen LogP contribution in [0.2, 0.25) is 0 Å². The van der Waals surface area contributed by atoms with E-state index in [0.29, 0.717) is 19.3 Å². The van der Waals surface area contributed by atoms with E-state index in [1.54, 1.807) is 0 Å². The number of unbranched alkanes of at least 4 members (excludes halogenated alkanes) is 47. The topological polar surface area (TPSA) is 78.9 Å². The Morgan fingerprint density at radius 2 is 0.494 bits per heavy atom. The zero-order valence-corrected chi connectivity index (χ0v) is 52.0. The van der Waals surface area contributed by atoms with Crippen LogP contribution < -0.4 is 0 Å². The lowest BCUT2D eigenvalue weighted by Gasteiger charge is -2.18. The first-order chi connectivity index (χ1) is 38.0. The Balaban J connectivity index is 4.15. The Morgan fingerprint density at radius 3 is 0.779 bits per heavy atom. The number of hydrogen-bond acceptors (Lipinski definition) is 6. The lowest BCUT2D eigenvalue weighted by atomic mass is 10.0. The van der Waals surface area contributed by atoms with Gasteiger partial charge in [0.05, 0.1) is 0 Å². The predicted octanol–water partition coefficient (Wildman–Crippen LogP) is 23.6. The smallest absolute Gasteiger partial charge is 0.306 e. The van der Waals surface area contributed by atoms with Crippen LogP contribution in [0.3, 0.4) is 0 Å². The molecular weight excluding hydrogens is 949 g/mol. The Labute approximate surface area is 480 Å². The molecule has 1 atom stereocenters. The van der Waals surface area contributed by atoms with Gasteiger partial charge in [-0.15, -0.1) is 0 Å². The van der Waals surface area contributed by atoms with Gasteiger partial charge in [0.1, 0.15) is 13.2 Å². The lowest BCUT2D eigenvalue weighted by molar-refractivity contribution is -0.167. The van der Waals surface area contributed by atoms with Crippen molar-refractivity contribution in [3.8, 4) is 0 Å². The maximum absolute atomic E-state index is 12.9. The molecule has 0 bridgehead atoms. The molecule has 0 amide bonds. The molecule has 1 unspecified atom stereocenters. The summed E-state index contributed by atoms with van der Waals surface area (Å²) in [5.41, 5.74) is 0. The fraction of sp³-hybridized carbons (Fsp3) is 0.873. The minimum Gasteiger partial charge on any atom is -0.462 e. The Kier molecular flexibility index (Phi) is 64.1. The first-order valence-corrected chi connectivity index (χ1v) is 34.5. The molecular formula is C71H132O6. The van der Waals surface area contributed by atoms with Gasteiger partial charge < -0.3 is 14.2 Å². The van der Waals surface area contributed by atoms with E-state index in [2.05, 4.69) is 57.2 Å². The third kappa shape index (κ3) is 64.3. The number of esters is 3. The zero-order chi connectivity index (χ0) is 55.7. The number of ether oxygens (including phenoxy) is 3. The highest BCUT2D eigenvalue weighted by Gasteiger charge is 2.19. The van der Waals surface area contributed by atoms with Crippen molar-refractivity contribution in [1.29, 1.82) is 0 Å². The fourth-order valence-electron chi connectivity index (χ4n) is 10.4. The van der Waals surface area contributed by atoms with Crippen molar-refractivity contribution in [3.05, 3.63) is 36.5 Å². The summed E-state index contributed by atoms with van der Waals surface area (Å²) in [6.07, 6.45) is 81.8. The summed E-state index contributed by atoms with van der Waals surface area (Å²) in [4.78, 5) is 38.3. The van der Waals surface area contributed by atoms with E-state index >= 15 is 0 Å². The molecule has 77 heavy (non-hydrogen) atoms. The van der Waals surface area contributed by atoms with Crippen LogP contribution in [-0.4, -0.2) is 37.2 Å². The summed E-state index contributed by atoms with van der Waals surface area (Å²) < 4.78 is 16.9. The molecule has 0 fully saturated rings. The molecule has 0 spiro atoms. The van der Waals surface area contributed by atoms with E-state index in [0.717, 1.165) is 77.0 Å². The van der Waals surface area contributed by atoms with Gasteiger partial charge in [-0.3, -0.25) is 14.4 Å². The number of carbonyl (C=O) groups is 3. The standard InChI is InChI=1S/C71H132O6/c1-4-7-10-13-16-19-22-24-26-28-30-32-34-35-36-38-39-41-43-45-47-49-52-55-58-61-64-70(73)76-67-68(66-75-69(72)63-60-57-54-51-21-18-15-12-9-6-3)77-71(74)65-62-59-56-53-50-48-46-44-42-40-37-33-31-29-27-25-23-20-17-14-11-8-5-2/h12,15,23,25,29,31,68H,4-11,13-14,16-22,24,26-28,30,32-67H2,1-3H3/b15-12-,25-23-,31-29-. The third-order valence-electron chi connectivity index (χ3n) is 15.6. The van der Waals surface area contributed by atoms with Crippen LogP contribution in [0.25, 0.3) is 0 Å². The van der Waals surface area contributed by atoms with Gasteiger partial charge in [-0.2, -0.15) is 0 Å². The van der Waals surface area contributed by atoms with Crippen LogP contribution in [0.1, 0.15) is 380 Å². The van der Waals surface area contributed by atoms with Gasteiger partial charge in [0, 0.05) is 19.3 Å². The first kappa shape index (κ1) is 74.6. The molecule has 0 aromatic carbocycles. The van der Waals surface area contributed by atoms with Gasteiger partial charge in [-0.1, -0.05) is 327 Å². The van der Waals surface area contributed by atoms with Crippen LogP contribution in [0, 0.1) is 0 Å². The molecule has 0 aliphatic heterocycles. The first-order valence-electron chi connectivity index (χ1n) is 34.5. The highest BCUT2D eigenvalue weighted by Crippen LogP contribution is 2.18. The molecule has 0 radical (unpaired) electrons. The van der Waals surface area contributed by atoms with E-state index < -0.39 is 6.10 Å². The van der Waals surface area contributed by atoms with Gasteiger partial charge in [0.2, 0.25) is 0 Å². The fourth-order valence-corrected chi connectivity index (χ4v) is 10.4. The van der Waals surface area contributed by atoms with Crippen LogP contribution in [0.4, 0.5) is 0 Å². The van der Waals surface area contributed by atoms with Crippen molar-refractivity contribution in [1.82, 2.24) is 0 Å². The van der Waals surface area contributed by atoms with Crippen molar-refractivity contribution >= 4 is 17.9 Å². The summed E-state index contributed by atoms with van der Waals surface area (Å²) in [6.45, 7) is 6.63. The quantitative estimate of drug-likeness (QED) is 0.0261. The molecule has 0 heterocycles. The number of hydrogen-bond donors (Lipinski definition) is 0. The van der Waals surface area contributed by atoms with Gasteiger partial charge in [-0.25, -0.2) is 0 Å². The van der Waals surface area contributed by atoms with E-state index in [1.165, 1.54) is 263 Å². The van der Waals surface area contributed by atoms with Crippen LogP contribution >= 0.6 is 0 Å². The average Bonchev–Trinajstić information content (AvgIpc) is 3.43. The summed E-state index contributed by atoms with van der Waals surface area (Å²) >= 11 is 0. The molecule has 0 aromatic rings. The second-order valence-corrected chi connectivity index (χ2v) is 23.4. The zero-order valence-electron chi connectivity index (χ0n) is 52.0. The van der Waals surface area contributed by atoms with Gasteiger partial charge >= 0.3 is 17.9 Å². The minimum absolute atomic E-state index is 0.0711. The lowest BCUT2D eigenvalue weighted by Crippen LogP contribution is -2.30. The molecule has 0 aliphatic carbocycles. The van der Waals surface area contributed by atoms with Crippen LogP contribution in [0.15, 0.2) is 36.5 Å². The number of carbonyl (C=O) groups excluding carboxylic acids is 3. The minimum atomic E-state index is -0.775. The Hall–Kier alpha value is -2.37. The van der Waals surface area contributed by atoms with Crippen molar-refractivity contribution < 1.29 is 28.6 Å². The number of rotatable bonds is 64. The van der Waals surface area contributed by atoms with E-state index in [9.17, 15) is 14.4 Å². The maximum atomic E-state index is 12.9. The van der Waals surface area contributed by atoms with Crippen LogP contribution in [-0.2, 0) is 28.6 Å². The molecule has 6 heteroatoms. The SMILES string of the molecule is CCC/C=C\CCCCCCCC(=O)OCC(COC(=O)CCCCCCCCCCCCCCCCCCCCCCCCCCCC)OC(=O)CCCCCCCCCCCCC/C=C\C/C=C\CCCCCCC. The van der Waals surface area contributed by atoms with E-state index in [4.69, 9.17) is 14.2 Å². The molecule has 0 aliphatic rings. The van der Waals surface area contributed by atoms with Crippen LogP contribution in [0.5, 0.6) is 0 Å². The summed E-state index contributed by atoms with van der Waals surface area (Å²) in [7, 11) is 0. The monoisotopic (exact) mass is 1080 g/mol. The molecule has 0 saturated carbocycles. The number of allylic oxidation sites excluding steroid dienone is 6. The highest BCUT2D eigenvalue weighted by atomic mass is 16.6. The average molecular weight is 1080 g/mol. The molecule has 0 rings (SSSR count). The Bertz CT molecular complexity index is 1290. The second-order valence-electron chi connectivity index (χ2n) is 23.4. The van der Waals surface area contributed by atoms with Crippen molar-refractivity contribution in [3.63, 3.8) is 0 Å². The van der Waals surface area contributed by atoms with Gasteiger partial charge in [0.15, 0.2) is 6.10 Å². The van der Waals surface area contributed by atoms with Gasteiger partial charge in [-0.05, 0) is 70.6 Å². The maximum Gasteiger partial charge on any atom is 0.306 e.